The largest absolute Gasteiger partial charge is 0.472 e. The number of amides is 1. The molecule has 0 aromatic carbocycles. The summed E-state index contributed by atoms with van der Waals surface area (Å²) >= 11 is 0. The molecule has 0 spiro atoms. The number of esters is 1. The molecule has 10 heteroatoms. The van der Waals surface area contributed by atoms with Crippen molar-refractivity contribution in [1.29, 1.82) is 0 Å². The number of allylic oxidation sites excluding steroid dienone is 2. The molecule has 0 saturated carbocycles. The highest BCUT2D eigenvalue weighted by atomic mass is 31.2. The van der Waals surface area contributed by atoms with Gasteiger partial charge in [-0.25, -0.2) is 4.57 Å². The van der Waals surface area contributed by atoms with E-state index in [1.165, 1.54) is 32.1 Å². The minimum atomic E-state index is -4.39. The second-order valence-electron chi connectivity index (χ2n) is 10.1. The molecule has 0 aromatic heterocycles. The molecule has 9 nitrogen and oxygen atoms in total. The third-order valence-corrected chi connectivity index (χ3v) is 7.18. The number of rotatable bonds is 28. The Kier molecular flexibility index (Phi) is 26.1. The maximum Gasteiger partial charge on any atom is 0.472 e. The lowest BCUT2D eigenvalue weighted by Gasteiger charge is -2.15. The highest BCUT2D eigenvalue weighted by Gasteiger charge is 2.23. The highest BCUT2D eigenvalue weighted by Crippen LogP contribution is 2.42. The average Bonchev–Trinajstić information content (AvgIpc) is 2.91. The Labute approximate surface area is 237 Å². The highest BCUT2D eigenvalue weighted by molar-refractivity contribution is 7.47. The van der Waals surface area contributed by atoms with Crippen LogP contribution in [0.5, 0.6) is 0 Å². The Bertz CT molecular complexity index is 674. The zero-order valence-electron chi connectivity index (χ0n) is 24.6. The van der Waals surface area contributed by atoms with Gasteiger partial charge in [-0.3, -0.25) is 18.6 Å². The second-order valence-corrected chi connectivity index (χ2v) is 11.5. The first-order valence-corrected chi connectivity index (χ1v) is 16.7. The van der Waals surface area contributed by atoms with Crippen LogP contribution in [0.25, 0.3) is 0 Å². The molecule has 1 amide bonds. The van der Waals surface area contributed by atoms with Crippen molar-refractivity contribution in [3.05, 3.63) is 12.2 Å². The smallest absolute Gasteiger partial charge is 0.463 e. The van der Waals surface area contributed by atoms with Crippen molar-refractivity contribution in [3.8, 4) is 0 Å². The Morgan fingerprint density at radius 2 is 1.31 bits per heavy atom. The van der Waals surface area contributed by atoms with Gasteiger partial charge in [-0.15, -0.1) is 0 Å². The summed E-state index contributed by atoms with van der Waals surface area (Å²) < 4.78 is 26.5. The molecule has 0 aliphatic heterocycles. The lowest BCUT2D eigenvalue weighted by Crippen LogP contribution is -2.27. The summed E-state index contributed by atoms with van der Waals surface area (Å²) in [6, 6.07) is 0. The van der Waals surface area contributed by atoms with E-state index in [0.29, 0.717) is 6.42 Å². The van der Waals surface area contributed by atoms with Crippen molar-refractivity contribution in [3.63, 3.8) is 0 Å². The molecule has 39 heavy (non-hydrogen) atoms. The van der Waals surface area contributed by atoms with E-state index < -0.39 is 26.5 Å². The van der Waals surface area contributed by atoms with E-state index in [-0.39, 0.29) is 32.1 Å². The predicted molar refractivity (Wildman–Crippen MR) is 155 cm³/mol. The molecular weight excluding hydrogens is 521 g/mol. The number of hydrogen-bond acceptors (Lipinski definition) is 7. The minimum Gasteiger partial charge on any atom is -0.463 e. The standard InChI is InChI=1S/C29H56NO8P/c1-3-5-7-9-10-11-12-13-14-15-16-18-20-22-29(33)36-25-27(31)26-38-39(34,35)37-24-23-30-28(32)21-19-17-8-6-4-2/h11-12,27,31H,3-10,13-26H2,1-2H3,(H,30,32)(H,34,35)/b12-11-. The maximum absolute atomic E-state index is 11.9. The van der Waals surface area contributed by atoms with E-state index in [1.807, 2.05) is 0 Å². The van der Waals surface area contributed by atoms with Gasteiger partial charge in [0.1, 0.15) is 12.7 Å². The van der Waals surface area contributed by atoms with Gasteiger partial charge in [-0.2, -0.15) is 0 Å². The Hall–Kier alpha value is -1.25. The molecular formula is C29H56NO8P. The molecule has 0 fully saturated rings. The molecule has 0 radical (unpaired) electrons. The van der Waals surface area contributed by atoms with Gasteiger partial charge in [-0.1, -0.05) is 90.2 Å². The van der Waals surface area contributed by atoms with Crippen LogP contribution in [-0.4, -0.2) is 54.3 Å². The number of nitrogens with one attached hydrogen (secondary N) is 1. The number of carbonyl (C=O) groups is 2. The minimum absolute atomic E-state index is 0.0815. The van der Waals surface area contributed by atoms with Crippen LogP contribution in [0.3, 0.4) is 0 Å². The normalized spacial score (nSPS) is 13.8. The number of unbranched alkanes of at least 4 members (excludes halogenated alkanes) is 13. The van der Waals surface area contributed by atoms with E-state index in [4.69, 9.17) is 13.8 Å². The van der Waals surface area contributed by atoms with Crippen molar-refractivity contribution in [2.75, 3.05) is 26.4 Å². The summed E-state index contributed by atoms with van der Waals surface area (Å²) in [7, 11) is -4.39. The second kappa shape index (κ2) is 26.9. The fraction of sp³-hybridized carbons (Fsp3) is 0.862. The van der Waals surface area contributed by atoms with Crippen LogP contribution in [0.4, 0.5) is 0 Å². The van der Waals surface area contributed by atoms with Crippen LogP contribution in [0, 0.1) is 0 Å². The zero-order chi connectivity index (χ0) is 29.0. The van der Waals surface area contributed by atoms with Crippen molar-refractivity contribution < 1.29 is 37.9 Å². The van der Waals surface area contributed by atoms with E-state index in [0.717, 1.165) is 70.6 Å². The average molecular weight is 578 g/mol. The first-order valence-electron chi connectivity index (χ1n) is 15.2. The quantitative estimate of drug-likeness (QED) is 0.0402. The topological polar surface area (TPSA) is 131 Å². The Morgan fingerprint density at radius 1 is 0.769 bits per heavy atom. The van der Waals surface area contributed by atoms with Gasteiger partial charge in [0.15, 0.2) is 0 Å². The third kappa shape index (κ3) is 28.1. The van der Waals surface area contributed by atoms with Crippen molar-refractivity contribution >= 4 is 19.7 Å². The van der Waals surface area contributed by atoms with Gasteiger partial charge in [-0.05, 0) is 38.5 Å². The van der Waals surface area contributed by atoms with Crippen molar-refractivity contribution in [2.45, 2.75) is 136 Å². The number of aliphatic hydroxyl groups excluding tert-OH is 1. The molecule has 0 bridgehead atoms. The zero-order valence-corrected chi connectivity index (χ0v) is 25.5. The first-order chi connectivity index (χ1) is 18.8. The Morgan fingerprint density at radius 3 is 1.95 bits per heavy atom. The van der Waals surface area contributed by atoms with Crippen LogP contribution in [-0.2, 0) is 27.9 Å². The van der Waals surface area contributed by atoms with E-state index in [9.17, 15) is 24.2 Å². The molecule has 3 N–H and O–H groups in total. The SMILES string of the molecule is CCCCCC/C=C\CCCCCCCC(=O)OCC(O)COP(=O)(O)OCCNC(=O)CCCCCCC. The number of phosphoric ester groups is 1. The number of phosphoric acid groups is 1. The lowest BCUT2D eigenvalue weighted by atomic mass is 10.1. The predicted octanol–water partition coefficient (Wildman–Crippen LogP) is 6.76. The molecule has 2 unspecified atom stereocenters. The molecule has 230 valence electrons. The molecule has 2 atom stereocenters. The van der Waals surface area contributed by atoms with E-state index in [2.05, 4.69) is 31.3 Å². The van der Waals surface area contributed by atoms with Gasteiger partial charge in [0.25, 0.3) is 0 Å². The lowest BCUT2D eigenvalue weighted by molar-refractivity contribution is -0.147. The van der Waals surface area contributed by atoms with Crippen molar-refractivity contribution in [1.82, 2.24) is 5.32 Å². The van der Waals surface area contributed by atoms with E-state index >= 15 is 0 Å². The molecule has 0 aromatic rings. The van der Waals surface area contributed by atoms with Gasteiger partial charge in [0.05, 0.1) is 13.2 Å². The summed E-state index contributed by atoms with van der Waals surface area (Å²) in [5, 5.41) is 12.5. The fourth-order valence-corrected chi connectivity index (χ4v) is 4.60. The van der Waals surface area contributed by atoms with Crippen LogP contribution < -0.4 is 5.32 Å². The summed E-state index contributed by atoms with van der Waals surface area (Å²) in [4.78, 5) is 33.3. The molecule has 0 saturated heterocycles. The monoisotopic (exact) mass is 577 g/mol. The van der Waals surface area contributed by atoms with Crippen LogP contribution >= 0.6 is 7.82 Å². The van der Waals surface area contributed by atoms with Gasteiger partial charge >= 0.3 is 13.8 Å². The number of ether oxygens (including phenoxy) is 1. The van der Waals surface area contributed by atoms with Gasteiger partial charge in [0.2, 0.25) is 5.91 Å². The van der Waals surface area contributed by atoms with Gasteiger partial charge < -0.3 is 20.1 Å². The van der Waals surface area contributed by atoms with Crippen LogP contribution in [0.15, 0.2) is 12.2 Å². The van der Waals surface area contributed by atoms with Crippen LogP contribution in [0.2, 0.25) is 0 Å². The fourth-order valence-electron chi connectivity index (χ4n) is 3.84. The number of carbonyl (C=O) groups excluding carboxylic acids is 2. The first kappa shape index (κ1) is 37.8. The third-order valence-electron chi connectivity index (χ3n) is 6.20. The number of aliphatic hydroxyl groups is 1. The van der Waals surface area contributed by atoms with E-state index in [1.54, 1.807) is 0 Å². The molecule has 0 aliphatic carbocycles. The van der Waals surface area contributed by atoms with Crippen LogP contribution in [0.1, 0.15) is 129 Å². The Balaban J connectivity index is 3.67. The molecule has 0 aliphatic rings. The summed E-state index contributed by atoms with van der Waals surface area (Å²) in [5.41, 5.74) is 0. The molecule has 0 heterocycles. The van der Waals surface area contributed by atoms with Gasteiger partial charge in [0, 0.05) is 19.4 Å². The van der Waals surface area contributed by atoms with Crippen molar-refractivity contribution in [2.24, 2.45) is 0 Å². The summed E-state index contributed by atoms with van der Waals surface area (Å²) in [5.74, 6) is -0.540. The summed E-state index contributed by atoms with van der Waals surface area (Å²) in [6.45, 7) is 3.40. The number of hydrogen-bond donors (Lipinski definition) is 3. The summed E-state index contributed by atoms with van der Waals surface area (Å²) in [6.07, 6.45) is 21.8. The maximum atomic E-state index is 11.9. The molecule has 0 rings (SSSR count).